The molecule has 4 rings (SSSR count). The van der Waals surface area contributed by atoms with Crippen molar-refractivity contribution in [2.75, 3.05) is 32.7 Å². The molecule has 1 aromatic rings. The summed E-state index contributed by atoms with van der Waals surface area (Å²) in [7, 11) is 0. The number of nitrogens with zero attached hydrogens (tertiary/aromatic N) is 3. The van der Waals surface area contributed by atoms with Gasteiger partial charge in [0.2, 0.25) is 0 Å². The molecule has 1 aliphatic carbocycles. The quantitative estimate of drug-likeness (QED) is 0.452. The summed E-state index contributed by atoms with van der Waals surface area (Å²) in [6.45, 7) is 7.70. The average Bonchev–Trinajstić information content (AvgIpc) is 3.42. The second kappa shape index (κ2) is 9.13. The Hall–Kier alpha value is -1.49. The maximum absolute atomic E-state index is 5.47. The molecule has 0 bridgehead atoms. The number of piperidine rings is 2. The lowest BCUT2D eigenvalue weighted by molar-refractivity contribution is 0.0369. The van der Waals surface area contributed by atoms with Crippen LogP contribution >= 0.6 is 0 Å². The van der Waals surface area contributed by atoms with Crippen molar-refractivity contribution in [2.24, 2.45) is 10.9 Å². The van der Waals surface area contributed by atoms with Gasteiger partial charge in [-0.05, 0) is 63.1 Å². The van der Waals surface area contributed by atoms with E-state index in [2.05, 4.69) is 28.1 Å². The van der Waals surface area contributed by atoms with E-state index >= 15 is 0 Å². The first kappa shape index (κ1) is 18.9. The fourth-order valence-electron chi connectivity index (χ4n) is 4.86. The SMILES string of the molecule is CCCCN=C(NCCc1ccco1)N1CCC2C(CCCN2C2CC2)C1. The van der Waals surface area contributed by atoms with E-state index in [9.17, 15) is 0 Å². The van der Waals surface area contributed by atoms with Gasteiger partial charge in [0, 0.05) is 44.7 Å². The third kappa shape index (κ3) is 4.87. The number of guanidine groups is 1. The first-order chi connectivity index (χ1) is 13.3. The first-order valence-corrected chi connectivity index (χ1v) is 11.2. The minimum atomic E-state index is 0.816. The van der Waals surface area contributed by atoms with Crippen LogP contribution in [0.25, 0.3) is 0 Å². The number of rotatable bonds is 7. The van der Waals surface area contributed by atoms with Gasteiger partial charge in [0.25, 0.3) is 0 Å². The fourth-order valence-corrected chi connectivity index (χ4v) is 4.86. The van der Waals surface area contributed by atoms with Gasteiger partial charge in [-0.25, -0.2) is 0 Å². The number of nitrogens with one attached hydrogen (secondary N) is 1. The second-order valence-corrected chi connectivity index (χ2v) is 8.49. The van der Waals surface area contributed by atoms with Gasteiger partial charge in [-0.15, -0.1) is 0 Å². The van der Waals surface area contributed by atoms with Gasteiger partial charge in [0.1, 0.15) is 5.76 Å². The standard InChI is InChI=1S/C22H36N4O/c1-2-3-12-23-22(24-13-10-20-7-5-16-27-20)25-15-11-21-18(17-25)6-4-14-26(21)19-8-9-19/h5,7,16,18-19,21H,2-4,6,8-15,17H2,1H3,(H,23,24). The summed E-state index contributed by atoms with van der Waals surface area (Å²) < 4.78 is 5.47. The predicted molar refractivity (Wildman–Crippen MR) is 110 cm³/mol. The van der Waals surface area contributed by atoms with Gasteiger partial charge in [0.05, 0.1) is 6.26 Å². The second-order valence-electron chi connectivity index (χ2n) is 8.49. The predicted octanol–water partition coefficient (Wildman–Crippen LogP) is 3.52. The number of likely N-dealkylation sites (tertiary alicyclic amines) is 2. The normalized spacial score (nSPS) is 26.9. The number of hydrogen-bond donors (Lipinski definition) is 1. The highest BCUT2D eigenvalue weighted by molar-refractivity contribution is 5.80. The zero-order valence-corrected chi connectivity index (χ0v) is 16.9. The van der Waals surface area contributed by atoms with Crippen LogP contribution < -0.4 is 5.32 Å². The minimum Gasteiger partial charge on any atom is -0.469 e. The maximum Gasteiger partial charge on any atom is 0.193 e. The van der Waals surface area contributed by atoms with E-state index in [-0.39, 0.29) is 0 Å². The van der Waals surface area contributed by atoms with E-state index in [0.717, 1.165) is 55.8 Å². The topological polar surface area (TPSA) is 44.0 Å². The molecule has 5 heteroatoms. The number of fused-ring (bicyclic) bond motifs is 1. The Morgan fingerprint density at radius 2 is 2.19 bits per heavy atom. The summed E-state index contributed by atoms with van der Waals surface area (Å²) in [6, 6.07) is 5.75. The van der Waals surface area contributed by atoms with Crippen LogP contribution in [-0.4, -0.2) is 60.6 Å². The van der Waals surface area contributed by atoms with Crippen LogP contribution in [0.2, 0.25) is 0 Å². The smallest absolute Gasteiger partial charge is 0.193 e. The van der Waals surface area contributed by atoms with E-state index in [1.807, 2.05) is 6.07 Å². The van der Waals surface area contributed by atoms with Crippen LogP contribution in [0, 0.1) is 5.92 Å². The van der Waals surface area contributed by atoms with Crippen molar-refractivity contribution < 1.29 is 4.42 Å². The van der Waals surface area contributed by atoms with E-state index < -0.39 is 0 Å². The van der Waals surface area contributed by atoms with Gasteiger partial charge < -0.3 is 14.6 Å². The molecule has 2 unspecified atom stereocenters. The first-order valence-electron chi connectivity index (χ1n) is 11.2. The number of aliphatic imine (C=N–C) groups is 1. The highest BCUT2D eigenvalue weighted by Gasteiger charge is 2.42. The highest BCUT2D eigenvalue weighted by Crippen LogP contribution is 2.38. The molecular formula is C22H36N4O. The molecule has 5 nitrogen and oxygen atoms in total. The minimum absolute atomic E-state index is 0.816. The van der Waals surface area contributed by atoms with Gasteiger partial charge in [-0.2, -0.15) is 0 Å². The van der Waals surface area contributed by atoms with Gasteiger partial charge >= 0.3 is 0 Å². The Kier molecular flexibility index (Phi) is 6.38. The van der Waals surface area contributed by atoms with E-state index in [0.29, 0.717) is 0 Å². The van der Waals surface area contributed by atoms with Crippen LogP contribution in [0.4, 0.5) is 0 Å². The molecule has 3 aliphatic rings. The van der Waals surface area contributed by atoms with Gasteiger partial charge in [-0.3, -0.25) is 9.89 Å². The van der Waals surface area contributed by atoms with Gasteiger partial charge in [-0.1, -0.05) is 13.3 Å². The molecule has 3 heterocycles. The fraction of sp³-hybridized carbons (Fsp3) is 0.773. The van der Waals surface area contributed by atoms with Crippen molar-refractivity contribution >= 4 is 5.96 Å². The van der Waals surface area contributed by atoms with Crippen LogP contribution in [0.1, 0.15) is 57.6 Å². The lowest BCUT2D eigenvalue weighted by Gasteiger charge is -2.48. The molecule has 1 saturated carbocycles. The van der Waals surface area contributed by atoms with Crippen molar-refractivity contribution in [1.82, 2.24) is 15.1 Å². The molecule has 2 atom stereocenters. The Bertz CT molecular complexity index is 595. The summed E-state index contributed by atoms with van der Waals surface area (Å²) in [5.41, 5.74) is 0. The zero-order chi connectivity index (χ0) is 18.5. The van der Waals surface area contributed by atoms with E-state index in [1.54, 1.807) is 6.26 Å². The molecule has 1 N–H and O–H groups in total. The van der Waals surface area contributed by atoms with Crippen molar-refractivity contribution in [3.8, 4) is 0 Å². The van der Waals surface area contributed by atoms with Crippen molar-refractivity contribution in [2.45, 2.75) is 70.4 Å². The Morgan fingerprint density at radius 1 is 1.26 bits per heavy atom. The monoisotopic (exact) mass is 372 g/mol. The van der Waals surface area contributed by atoms with Crippen LogP contribution in [0.5, 0.6) is 0 Å². The molecule has 2 aliphatic heterocycles. The Balaban J connectivity index is 1.35. The van der Waals surface area contributed by atoms with Crippen molar-refractivity contribution in [3.05, 3.63) is 24.2 Å². The summed E-state index contributed by atoms with van der Waals surface area (Å²) in [6.07, 6.45) is 12.0. The Morgan fingerprint density at radius 3 is 2.96 bits per heavy atom. The lowest BCUT2D eigenvalue weighted by Crippen LogP contribution is -2.57. The number of furan rings is 1. The lowest BCUT2D eigenvalue weighted by atomic mass is 9.83. The van der Waals surface area contributed by atoms with Crippen LogP contribution in [0.15, 0.2) is 27.8 Å². The molecule has 3 fully saturated rings. The zero-order valence-electron chi connectivity index (χ0n) is 16.9. The highest BCUT2D eigenvalue weighted by atomic mass is 16.3. The summed E-state index contributed by atoms with van der Waals surface area (Å²) in [5, 5.41) is 3.63. The molecule has 2 saturated heterocycles. The summed E-state index contributed by atoms with van der Waals surface area (Å²) >= 11 is 0. The largest absolute Gasteiger partial charge is 0.469 e. The van der Waals surface area contributed by atoms with Crippen molar-refractivity contribution in [3.63, 3.8) is 0 Å². The summed E-state index contributed by atoms with van der Waals surface area (Å²) in [5.74, 6) is 2.98. The third-order valence-electron chi connectivity index (χ3n) is 6.43. The molecule has 1 aromatic heterocycles. The average molecular weight is 373 g/mol. The maximum atomic E-state index is 5.47. The molecule has 0 aromatic carbocycles. The molecule has 0 radical (unpaired) electrons. The molecule has 150 valence electrons. The molecule has 0 spiro atoms. The van der Waals surface area contributed by atoms with Gasteiger partial charge in [0.15, 0.2) is 5.96 Å². The van der Waals surface area contributed by atoms with E-state index in [4.69, 9.17) is 9.41 Å². The number of hydrogen-bond acceptors (Lipinski definition) is 3. The van der Waals surface area contributed by atoms with Crippen molar-refractivity contribution in [1.29, 1.82) is 0 Å². The van der Waals surface area contributed by atoms with Crippen LogP contribution in [-0.2, 0) is 6.42 Å². The summed E-state index contributed by atoms with van der Waals surface area (Å²) in [4.78, 5) is 10.3. The number of unbranched alkanes of at least 4 members (excludes halogenated alkanes) is 1. The van der Waals surface area contributed by atoms with Crippen LogP contribution in [0.3, 0.4) is 0 Å². The molecule has 0 amide bonds. The Labute approximate surface area is 164 Å². The molecule has 27 heavy (non-hydrogen) atoms. The van der Waals surface area contributed by atoms with E-state index in [1.165, 1.54) is 58.0 Å². The third-order valence-corrected chi connectivity index (χ3v) is 6.43. The molecular weight excluding hydrogens is 336 g/mol.